The van der Waals surface area contributed by atoms with Gasteiger partial charge < -0.3 is 9.88 Å². The van der Waals surface area contributed by atoms with E-state index < -0.39 is 0 Å². The first-order valence-corrected chi connectivity index (χ1v) is 11.4. The van der Waals surface area contributed by atoms with Gasteiger partial charge in [-0.05, 0) is 74.1 Å². The van der Waals surface area contributed by atoms with Gasteiger partial charge in [-0.25, -0.2) is 0 Å². The summed E-state index contributed by atoms with van der Waals surface area (Å²) in [6.07, 6.45) is 10.1. The molecule has 2 aliphatic rings. The zero-order valence-corrected chi connectivity index (χ0v) is 18.4. The molecule has 2 fully saturated rings. The van der Waals surface area contributed by atoms with Crippen LogP contribution < -0.4 is 5.32 Å². The Kier molecular flexibility index (Phi) is 4.75. The van der Waals surface area contributed by atoms with E-state index in [9.17, 15) is 4.79 Å². The first kappa shape index (κ1) is 19.8. The summed E-state index contributed by atoms with van der Waals surface area (Å²) >= 11 is 0. The molecule has 0 bridgehead atoms. The van der Waals surface area contributed by atoms with Crippen molar-refractivity contribution in [3.05, 3.63) is 78.1 Å². The molecule has 1 aromatic carbocycles. The molecule has 0 aliphatic heterocycles. The molecule has 6 rings (SSSR count). The van der Waals surface area contributed by atoms with Crippen molar-refractivity contribution in [3.63, 3.8) is 0 Å². The third-order valence-corrected chi connectivity index (χ3v) is 6.30. The SMILES string of the molecule is Cc1cc(-c2ccnc(C(=O)Nc3cccc(-c4nncn4C4CC4)c3)c2)cnc1C1CC1. The minimum Gasteiger partial charge on any atom is -0.321 e. The van der Waals surface area contributed by atoms with E-state index in [1.165, 1.54) is 24.1 Å². The van der Waals surface area contributed by atoms with E-state index in [0.29, 0.717) is 23.3 Å². The number of aromatic nitrogens is 5. The second-order valence-corrected chi connectivity index (χ2v) is 8.96. The lowest BCUT2D eigenvalue weighted by molar-refractivity contribution is 0.102. The summed E-state index contributed by atoms with van der Waals surface area (Å²) in [5.41, 5.74) is 6.31. The molecule has 2 aliphatic carbocycles. The fourth-order valence-corrected chi connectivity index (χ4v) is 4.26. The number of benzene rings is 1. The topological polar surface area (TPSA) is 85.6 Å². The van der Waals surface area contributed by atoms with Gasteiger partial charge >= 0.3 is 0 Å². The third-order valence-electron chi connectivity index (χ3n) is 6.30. The molecule has 7 nitrogen and oxygen atoms in total. The van der Waals surface area contributed by atoms with Crippen molar-refractivity contribution in [1.29, 1.82) is 0 Å². The van der Waals surface area contributed by atoms with Crippen LogP contribution in [0.2, 0.25) is 0 Å². The van der Waals surface area contributed by atoms with Gasteiger partial charge in [-0.15, -0.1) is 10.2 Å². The summed E-state index contributed by atoms with van der Waals surface area (Å²) in [7, 11) is 0. The molecule has 0 radical (unpaired) electrons. The van der Waals surface area contributed by atoms with Gasteiger partial charge in [-0.3, -0.25) is 14.8 Å². The molecule has 0 atom stereocenters. The van der Waals surface area contributed by atoms with Crippen molar-refractivity contribution < 1.29 is 4.79 Å². The van der Waals surface area contributed by atoms with Crippen LogP contribution in [0.3, 0.4) is 0 Å². The van der Waals surface area contributed by atoms with E-state index >= 15 is 0 Å². The molecule has 7 heteroatoms. The molecule has 3 heterocycles. The maximum atomic E-state index is 13.0. The van der Waals surface area contributed by atoms with Gasteiger partial charge in [-0.2, -0.15) is 0 Å². The van der Waals surface area contributed by atoms with Gasteiger partial charge in [0.1, 0.15) is 12.0 Å². The minimum absolute atomic E-state index is 0.253. The number of pyridine rings is 2. The molecule has 4 aromatic rings. The quantitative estimate of drug-likeness (QED) is 0.450. The Hall–Kier alpha value is -3.87. The maximum Gasteiger partial charge on any atom is 0.274 e. The van der Waals surface area contributed by atoms with Gasteiger partial charge in [0.15, 0.2) is 5.82 Å². The highest BCUT2D eigenvalue weighted by Gasteiger charge is 2.27. The van der Waals surface area contributed by atoms with Crippen LogP contribution in [-0.4, -0.2) is 30.6 Å². The van der Waals surface area contributed by atoms with Crippen LogP contribution in [0, 0.1) is 6.92 Å². The molecule has 0 spiro atoms. The standard InChI is InChI=1S/C26H24N6O/c1-16-11-20(14-28-24(16)17-5-6-17)18-9-10-27-23(13-18)26(33)30-21-4-2-3-19(12-21)25-31-29-15-32(25)22-7-8-22/h2-4,9-15,17,22H,5-8H2,1H3,(H,30,33). The van der Waals surface area contributed by atoms with Crippen LogP contribution in [-0.2, 0) is 0 Å². The molecule has 0 unspecified atom stereocenters. The van der Waals surface area contributed by atoms with Crippen molar-refractivity contribution in [2.24, 2.45) is 0 Å². The average Bonchev–Trinajstić information content (AvgIpc) is 3.78. The Balaban J connectivity index is 1.23. The lowest BCUT2D eigenvalue weighted by Gasteiger charge is -2.10. The summed E-state index contributed by atoms with van der Waals surface area (Å²) in [6, 6.07) is 14.1. The Bertz CT molecular complexity index is 1350. The van der Waals surface area contributed by atoms with Crippen LogP contribution in [0.5, 0.6) is 0 Å². The number of nitrogens with one attached hydrogen (secondary N) is 1. The number of anilines is 1. The summed E-state index contributed by atoms with van der Waals surface area (Å²) in [4.78, 5) is 22.0. The number of carbonyl (C=O) groups excluding carboxylic acids is 1. The molecular formula is C26H24N6O. The van der Waals surface area contributed by atoms with Crippen molar-refractivity contribution in [2.45, 2.75) is 44.6 Å². The number of carbonyl (C=O) groups is 1. The van der Waals surface area contributed by atoms with Gasteiger partial charge in [0, 0.05) is 46.9 Å². The smallest absolute Gasteiger partial charge is 0.274 e. The average molecular weight is 437 g/mol. The molecule has 1 N–H and O–H groups in total. The molecule has 3 aromatic heterocycles. The van der Waals surface area contributed by atoms with Gasteiger partial charge in [0.2, 0.25) is 0 Å². The number of rotatable bonds is 6. The fraction of sp³-hybridized carbons (Fsp3) is 0.269. The Morgan fingerprint density at radius 3 is 2.67 bits per heavy atom. The van der Waals surface area contributed by atoms with E-state index in [1.807, 2.05) is 42.6 Å². The number of hydrogen-bond donors (Lipinski definition) is 1. The van der Waals surface area contributed by atoms with Crippen molar-refractivity contribution >= 4 is 11.6 Å². The largest absolute Gasteiger partial charge is 0.321 e. The van der Waals surface area contributed by atoms with Crippen LogP contribution in [0.1, 0.15) is 59.4 Å². The lowest BCUT2D eigenvalue weighted by Crippen LogP contribution is -2.13. The van der Waals surface area contributed by atoms with Gasteiger partial charge in [0.25, 0.3) is 5.91 Å². The summed E-state index contributed by atoms with van der Waals surface area (Å²) in [5, 5.41) is 11.3. The van der Waals surface area contributed by atoms with Crippen LogP contribution >= 0.6 is 0 Å². The molecule has 0 saturated heterocycles. The van der Waals surface area contributed by atoms with E-state index in [0.717, 1.165) is 35.4 Å². The summed E-state index contributed by atoms with van der Waals surface area (Å²) in [5.74, 6) is 1.19. The second-order valence-electron chi connectivity index (χ2n) is 8.96. The van der Waals surface area contributed by atoms with Crippen LogP contribution in [0.25, 0.3) is 22.5 Å². The van der Waals surface area contributed by atoms with Gasteiger partial charge in [0.05, 0.1) is 0 Å². The van der Waals surface area contributed by atoms with Crippen molar-refractivity contribution in [1.82, 2.24) is 24.7 Å². The predicted octanol–water partition coefficient (Wildman–Crippen LogP) is 5.18. The fourth-order valence-electron chi connectivity index (χ4n) is 4.26. The first-order chi connectivity index (χ1) is 16.2. The van der Waals surface area contributed by atoms with Crippen molar-refractivity contribution in [2.75, 3.05) is 5.32 Å². The molecular weight excluding hydrogens is 412 g/mol. The summed E-state index contributed by atoms with van der Waals surface area (Å²) < 4.78 is 2.11. The van der Waals surface area contributed by atoms with E-state index in [2.05, 4.69) is 43.0 Å². The van der Waals surface area contributed by atoms with E-state index in [-0.39, 0.29) is 5.91 Å². The van der Waals surface area contributed by atoms with E-state index in [1.54, 1.807) is 12.5 Å². The Morgan fingerprint density at radius 2 is 1.88 bits per heavy atom. The van der Waals surface area contributed by atoms with Crippen LogP contribution in [0.15, 0.2) is 61.2 Å². The molecule has 33 heavy (non-hydrogen) atoms. The van der Waals surface area contributed by atoms with Gasteiger partial charge in [-0.1, -0.05) is 12.1 Å². The highest BCUT2D eigenvalue weighted by atomic mass is 16.1. The Morgan fingerprint density at radius 1 is 1.00 bits per heavy atom. The second kappa shape index (κ2) is 7.92. The van der Waals surface area contributed by atoms with Crippen molar-refractivity contribution in [3.8, 4) is 22.5 Å². The highest BCUT2D eigenvalue weighted by molar-refractivity contribution is 6.03. The zero-order chi connectivity index (χ0) is 22.4. The molecule has 1 amide bonds. The number of hydrogen-bond acceptors (Lipinski definition) is 5. The molecule has 2 saturated carbocycles. The normalized spacial score (nSPS) is 15.4. The Labute approximate surface area is 191 Å². The van der Waals surface area contributed by atoms with E-state index in [4.69, 9.17) is 0 Å². The monoisotopic (exact) mass is 436 g/mol. The highest BCUT2D eigenvalue weighted by Crippen LogP contribution is 2.41. The maximum absolute atomic E-state index is 13.0. The third kappa shape index (κ3) is 4.02. The first-order valence-electron chi connectivity index (χ1n) is 11.4. The minimum atomic E-state index is -0.253. The number of aryl methyl sites for hydroxylation is 1. The number of amides is 1. The summed E-state index contributed by atoms with van der Waals surface area (Å²) in [6.45, 7) is 2.11. The zero-order valence-electron chi connectivity index (χ0n) is 18.4. The molecule has 164 valence electrons. The van der Waals surface area contributed by atoms with Crippen LogP contribution in [0.4, 0.5) is 5.69 Å². The number of nitrogens with zero attached hydrogens (tertiary/aromatic N) is 5. The predicted molar refractivity (Wildman–Crippen MR) is 126 cm³/mol. The lowest BCUT2D eigenvalue weighted by atomic mass is 10.0.